The summed E-state index contributed by atoms with van der Waals surface area (Å²) in [5.41, 5.74) is 0.538. The molecule has 21 heavy (non-hydrogen) atoms. The number of ether oxygens (including phenoxy) is 1. The van der Waals surface area contributed by atoms with Gasteiger partial charge in [-0.3, -0.25) is 9.59 Å². The molecule has 0 aliphatic heterocycles. The van der Waals surface area contributed by atoms with Crippen LogP contribution in [0.15, 0.2) is 24.3 Å². The Morgan fingerprint density at radius 3 is 2.33 bits per heavy atom. The molecule has 5 heteroatoms. The molecule has 0 saturated heterocycles. The molecule has 0 fully saturated rings. The maximum absolute atomic E-state index is 12.0. The molecule has 2 N–H and O–H groups in total. The van der Waals surface area contributed by atoms with Crippen molar-refractivity contribution in [3.63, 3.8) is 0 Å². The maximum atomic E-state index is 12.0. The van der Waals surface area contributed by atoms with E-state index in [0.29, 0.717) is 18.5 Å². The molecule has 0 aliphatic rings. The fraction of sp³-hybridized carbons (Fsp3) is 0.500. The molecular formula is C16H23NO4. The summed E-state index contributed by atoms with van der Waals surface area (Å²) in [5.74, 6) is -0.366. The second-order valence-corrected chi connectivity index (χ2v) is 5.27. The molecule has 0 saturated carbocycles. The number of carboxylic acids is 1. The smallest absolute Gasteiger partial charge is 0.303 e. The van der Waals surface area contributed by atoms with Gasteiger partial charge in [-0.25, -0.2) is 0 Å². The first-order valence-corrected chi connectivity index (χ1v) is 7.19. The Morgan fingerprint density at radius 1 is 1.24 bits per heavy atom. The lowest BCUT2D eigenvalue weighted by molar-refractivity contribution is -0.138. The number of carboxylic acid groups (broad SMARTS) is 1. The Morgan fingerprint density at radius 2 is 1.86 bits per heavy atom. The van der Waals surface area contributed by atoms with Crippen LogP contribution in [-0.2, 0) is 4.79 Å². The van der Waals surface area contributed by atoms with Gasteiger partial charge in [-0.1, -0.05) is 13.3 Å². The molecule has 0 aliphatic carbocycles. The number of nitrogens with one attached hydrogen (secondary N) is 1. The molecule has 0 aromatic heterocycles. The minimum atomic E-state index is -0.841. The summed E-state index contributed by atoms with van der Waals surface area (Å²) in [4.78, 5) is 22.7. The molecule has 1 unspecified atom stereocenters. The largest absolute Gasteiger partial charge is 0.491 e. The highest BCUT2D eigenvalue weighted by Crippen LogP contribution is 2.14. The highest BCUT2D eigenvalue weighted by atomic mass is 16.5. The van der Waals surface area contributed by atoms with Gasteiger partial charge in [0.1, 0.15) is 5.75 Å². The molecule has 116 valence electrons. The van der Waals surface area contributed by atoms with Gasteiger partial charge < -0.3 is 15.2 Å². The van der Waals surface area contributed by atoms with E-state index in [1.54, 1.807) is 24.3 Å². The number of carbonyl (C=O) groups is 2. The number of hydrogen-bond donors (Lipinski definition) is 2. The molecule has 0 bridgehead atoms. The van der Waals surface area contributed by atoms with Gasteiger partial charge in [0, 0.05) is 18.5 Å². The van der Waals surface area contributed by atoms with Gasteiger partial charge in [-0.05, 0) is 44.0 Å². The summed E-state index contributed by atoms with van der Waals surface area (Å²) in [7, 11) is 0. The zero-order valence-electron chi connectivity index (χ0n) is 12.8. The summed E-state index contributed by atoms with van der Waals surface area (Å²) in [6.45, 7) is 6.16. The second kappa shape index (κ2) is 8.29. The van der Waals surface area contributed by atoms with Crippen molar-refractivity contribution in [1.82, 2.24) is 5.32 Å². The summed E-state index contributed by atoms with van der Waals surface area (Å²) >= 11 is 0. The third-order valence-electron chi connectivity index (χ3n) is 3.08. The molecule has 0 radical (unpaired) electrons. The van der Waals surface area contributed by atoms with Crippen molar-refractivity contribution in [3.8, 4) is 5.75 Å². The fourth-order valence-electron chi connectivity index (χ4n) is 1.90. The van der Waals surface area contributed by atoms with Gasteiger partial charge in [-0.15, -0.1) is 0 Å². The number of aliphatic carboxylic acids is 1. The monoisotopic (exact) mass is 293 g/mol. The van der Waals surface area contributed by atoms with E-state index in [1.807, 2.05) is 20.8 Å². The van der Waals surface area contributed by atoms with Crippen molar-refractivity contribution >= 4 is 11.9 Å². The van der Waals surface area contributed by atoms with Crippen LogP contribution in [0.5, 0.6) is 5.75 Å². The van der Waals surface area contributed by atoms with E-state index in [0.717, 1.165) is 5.75 Å². The molecule has 0 heterocycles. The van der Waals surface area contributed by atoms with Gasteiger partial charge in [0.05, 0.1) is 6.10 Å². The van der Waals surface area contributed by atoms with Gasteiger partial charge >= 0.3 is 5.97 Å². The van der Waals surface area contributed by atoms with Crippen LogP contribution in [0.4, 0.5) is 0 Å². The number of hydrogen-bond acceptors (Lipinski definition) is 3. The Kier molecular flexibility index (Phi) is 6.72. The van der Waals surface area contributed by atoms with Crippen LogP contribution >= 0.6 is 0 Å². The highest BCUT2D eigenvalue weighted by Gasteiger charge is 2.13. The topological polar surface area (TPSA) is 75.6 Å². The third kappa shape index (κ3) is 6.29. The molecule has 1 rings (SSSR count). The summed E-state index contributed by atoms with van der Waals surface area (Å²) in [6.07, 6.45) is 0.872. The molecule has 1 aromatic carbocycles. The van der Waals surface area contributed by atoms with Crippen LogP contribution in [0.1, 0.15) is 44.0 Å². The van der Waals surface area contributed by atoms with Crippen molar-refractivity contribution in [3.05, 3.63) is 29.8 Å². The number of rotatable bonds is 8. The lowest BCUT2D eigenvalue weighted by Crippen LogP contribution is -2.30. The van der Waals surface area contributed by atoms with Crippen molar-refractivity contribution in [1.29, 1.82) is 0 Å². The Hall–Kier alpha value is -2.04. The third-order valence-corrected chi connectivity index (χ3v) is 3.08. The Balaban J connectivity index is 2.53. The number of benzene rings is 1. The van der Waals surface area contributed by atoms with Crippen LogP contribution in [0.3, 0.4) is 0 Å². The lowest BCUT2D eigenvalue weighted by atomic mass is 10.0. The molecular weight excluding hydrogens is 270 g/mol. The van der Waals surface area contributed by atoms with Crippen LogP contribution in [0.25, 0.3) is 0 Å². The SMILES string of the molecule is CCC(CNC(=O)c1ccc(OC(C)C)cc1)CC(=O)O. The fourth-order valence-corrected chi connectivity index (χ4v) is 1.90. The minimum absolute atomic E-state index is 0.0463. The lowest BCUT2D eigenvalue weighted by Gasteiger charge is -2.14. The molecule has 5 nitrogen and oxygen atoms in total. The molecule has 1 amide bonds. The maximum Gasteiger partial charge on any atom is 0.303 e. The summed E-state index contributed by atoms with van der Waals surface area (Å²) in [6, 6.07) is 6.91. The first kappa shape index (κ1) is 17.0. The van der Waals surface area contributed by atoms with E-state index < -0.39 is 5.97 Å². The Bertz CT molecular complexity index is 468. The van der Waals surface area contributed by atoms with Gasteiger partial charge in [0.2, 0.25) is 0 Å². The minimum Gasteiger partial charge on any atom is -0.491 e. The molecule has 0 spiro atoms. The van der Waals surface area contributed by atoms with Crippen molar-refractivity contribution in [2.75, 3.05) is 6.54 Å². The summed E-state index contributed by atoms with van der Waals surface area (Å²) < 4.78 is 5.51. The zero-order chi connectivity index (χ0) is 15.8. The second-order valence-electron chi connectivity index (χ2n) is 5.27. The predicted octanol–water partition coefficient (Wildman–Crippen LogP) is 2.70. The van der Waals surface area contributed by atoms with E-state index >= 15 is 0 Å². The first-order valence-electron chi connectivity index (χ1n) is 7.19. The van der Waals surface area contributed by atoms with Crippen LogP contribution in [0.2, 0.25) is 0 Å². The van der Waals surface area contributed by atoms with Crippen molar-refractivity contribution in [2.45, 2.75) is 39.7 Å². The molecule has 1 atom stereocenters. The standard InChI is InChI=1S/C16H23NO4/c1-4-12(9-15(18)19)10-17-16(20)13-5-7-14(8-6-13)21-11(2)3/h5-8,11-12H,4,9-10H2,1-3H3,(H,17,20)(H,18,19). The van der Waals surface area contributed by atoms with E-state index in [4.69, 9.17) is 9.84 Å². The Labute approximate surface area is 125 Å². The predicted molar refractivity (Wildman–Crippen MR) is 80.6 cm³/mol. The zero-order valence-corrected chi connectivity index (χ0v) is 12.8. The average Bonchev–Trinajstić information content (AvgIpc) is 2.42. The van der Waals surface area contributed by atoms with E-state index in [1.165, 1.54) is 0 Å². The number of carbonyl (C=O) groups excluding carboxylic acids is 1. The van der Waals surface area contributed by atoms with Gasteiger partial charge in [0.25, 0.3) is 5.91 Å². The van der Waals surface area contributed by atoms with E-state index in [2.05, 4.69) is 5.32 Å². The average molecular weight is 293 g/mol. The van der Waals surface area contributed by atoms with Crippen molar-refractivity contribution < 1.29 is 19.4 Å². The first-order chi connectivity index (χ1) is 9.92. The normalized spacial score (nSPS) is 12.0. The summed E-state index contributed by atoms with van der Waals surface area (Å²) in [5, 5.41) is 11.5. The van der Waals surface area contributed by atoms with Crippen LogP contribution in [0, 0.1) is 5.92 Å². The van der Waals surface area contributed by atoms with Gasteiger partial charge in [0.15, 0.2) is 0 Å². The number of amides is 1. The van der Waals surface area contributed by atoms with Crippen molar-refractivity contribution in [2.24, 2.45) is 5.92 Å². The van der Waals surface area contributed by atoms with Crippen LogP contribution in [-0.4, -0.2) is 29.6 Å². The quantitative estimate of drug-likeness (QED) is 0.772. The van der Waals surface area contributed by atoms with Gasteiger partial charge in [-0.2, -0.15) is 0 Å². The van der Waals surface area contributed by atoms with E-state index in [9.17, 15) is 9.59 Å². The molecule has 1 aromatic rings. The van der Waals surface area contributed by atoms with Crippen LogP contribution < -0.4 is 10.1 Å². The van der Waals surface area contributed by atoms with E-state index in [-0.39, 0.29) is 24.3 Å². The highest BCUT2D eigenvalue weighted by molar-refractivity contribution is 5.94.